The average molecular weight is 304 g/mol. The average Bonchev–Trinajstić information content (AvgIpc) is 2.87. The monoisotopic (exact) mass is 304 g/mol. The van der Waals surface area contributed by atoms with Gasteiger partial charge in [-0.25, -0.2) is 0 Å². The summed E-state index contributed by atoms with van der Waals surface area (Å²) in [5.41, 5.74) is 1.26. The standard InChI is InChI=1S/C18H21NO3/c1-19-8-7-18-11-4-5-13(20)17(18)22-16-14(21-2)6-3-10(15(16)18)9-12(11)19/h3-6,11-13,17,20H,7-9H2,1-2H3/t11-,12+,13?,17?,18-/m0/s1/i2D3,17D,20D. The van der Waals surface area contributed by atoms with Crippen molar-refractivity contribution < 1.29 is 20.1 Å². The minimum atomic E-state index is -2.61. The summed E-state index contributed by atoms with van der Waals surface area (Å²) in [6.45, 7) is 0.799. The number of methoxy groups -OCH3 is 1. The van der Waals surface area contributed by atoms with Crippen LogP contribution in [0.25, 0.3) is 0 Å². The van der Waals surface area contributed by atoms with Crippen LogP contribution < -0.4 is 9.47 Å². The van der Waals surface area contributed by atoms with Crippen molar-refractivity contribution in [2.24, 2.45) is 5.92 Å². The molecule has 1 aromatic carbocycles. The molecule has 1 aromatic rings. The third kappa shape index (κ3) is 1.28. The largest absolute Gasteiger partial charge is 0.493 e. The zero-order valence-electron chi connectivity index (χ0n) is 17.3. The van der Waals surface area contributed by atoms with Crippen molar-refractivity contribution in [3.05, 3.63) is 35.4 Å². The van der Waals surface area contributed by atoms with Crippen LogP contribution in [0.4, 0.5) is 0 Å². The molecular weight excluding hydrogens is 278 g/mol. The highest BCUT2D eigenvalue weighted by molar-refractivity contribution is 5.62. The molecule has 5 rings (SSSR count). The molecule has 2 aliphatic carbocycles. The SMILES string of the molecule is [2H]OC1C=C[C@H]2[C@H]3Cc4ccc(OC([2H])([2H])[2H])c5c4[C@@]2(CCN3C)C1([2H])O5. The number of benzene rings is 1. The molecule has 4 heteroatoms. The van der Waals surface area contributed by atoms with Crippen LogP contribution in [0, 0.1) is 5.92 Å². The lowest BCUT2D eigenvalue weighted by Gasteiger charge is -2.56. The van der Waals surface area contributed by atoms with E-state index in [0.717, 1.165) is 24.1 Å². The topological polar surface area (TPSA) is 41.9 Å². The van der Waals surface area contributed by atoms with E-state index in [1.54, 1.807) is 12.1 Å². The molecule has 22 heavy (non-hydrogen) atoms. The second-order valence-corrected chi connectivity index (χ2v) is 6.80. The van der Waals surface area contributed by atoms with Crippen LogP contribution in [0.5, 0.6) is 11.5 Å². The van der Waals surface area contributed by atoms with E-state index in [9.17, 15) is 1.37 Å². The Bertz CT molecular complexity index is 843. The number of aliphatic hydroxyl groups is 1. The van der Waals surface area contributed by atoms with E-state index in [-0.39, 0.29) is 17.7 Å². The summed E-state index contributed by atoms with van der Waals surface area (Å²) in [5, 5.41) is 4.89. The number of likely N-dealkylation sites (tertiary alicyclic amines) is 1. The molecule has 2 heterocycles. The molecule has 2 aliphatic heterocycles. The number of ether oxygens (including phenoxy) is 2. The number of rotatable bonds is 2. The Hall–Kier alpha value is -1.52. The maximum Gasteiger partial charge on any atom is 0.211 e. The number of likely N-dealkylation sites (N-methyl/N-ethyl adjacent to an activating group) is 1. The molecule has 0 amide bonds. The Morgan fingerprint density at radius 1 is 1.55 bits per heavy atom. The first-order chi connectivity index (χ1) is 12.7. The first-order valence-electron chi connectivity index (χ1n) is 10.2. The summed E-state index contributed by atoms with van der Waals surface area (Å²) in [5.74, 6) is 0.498. The molecule has 4 aliphatic rings. The lowest BCUT2D eigenvalue weighted by molar-refractivity contribution is -0.0453. The zero-order chi connectivity index (χ0) is 19.2. The van der Waals surface area contributed by atoms with Gasteiger partial charge in [-0.2, -0.15) is 0 Å². The molecule has 1 saturated heterocycles. The first-order valence-corrected chi connectivity index (χ1v) is 7.76. The van der Waals surface area contributed by atoms with Gasteiger partial charge < -0.3 is 19.5 Å². The van der Waals surface area contributed by atoms with Gasteiger partial charge in [-0.05, 0) is 38.1 Å². The minimum Gasteiger partial charge on any atom is -0.493 e. The Balaban J connectivity index is 1.77. The molecule has 116 valence electrons. The lowest BCUT2D eigenvalue weighted by Crippen LogP contribution is -2.64. The van der Waals surface area contributed by atoms with Crippen molar-refractivity contribution in [3.8, 4) is 11.5 Å². The maximum absolute atomic E-state index is 9.27. The Morgan fingerprint density at radius 2 is 2.50 bits per heavy atom. The third-order valence-corrected chi connectivity index (χ3v) is 6.00. The molecule has 0 aromatic heterocycles. The normalized spacial score (nSPS) is 48.2. The van der Waals surface area contributed by atoms with Gasteiger partial charge in [-0.15, -0.1) is 0 Å². The Labute approximate surface area is 137 Å². The highest BCUT2D eigenvalue weighted by Gasteiger charge is 2.64. The molecule has 2 unspecified atom stereocenters. The van der Waals surface area contributed by atoms with Crippen molar-refractivity contribution in [2.75, 3.05) is 20.6 Å². The molecule has 5 atom stereocenters. The quantitative estimate of drug-likeness (QED) is 0.841. The summed E-state index contributed by atoms with van der Waals surface area (Å²) in [6.07, 6.45) is 2.89. The summed E-state index contributed by atoms with van der Waals surface area (Å²) < 4.78 is 50.5. The van der Waals surface area contributed by atoms with E-state index in [0.29, 0.717) is 12.2 Å². The summed E-state index contributed by atoms with van der Waals surface area (Å²) in [4.78, 5) is 2.32. The highest BCUT2D eigenvalue weighted by atomic mass is 16.5. The van der Waals surface area contributed by atoms with Crippen LogP contribution in [-0.2, 0) is 11.8 Å². The van der Waals surface area contributed by atoms with Crippen molar-refractivity contribution in [2.45, 2.75) is 36.5 Å². The second kappa shape index (κ2) is 4.06. The predicted molar refractivity (Wildman–Crippen MR) is 82.5 cm³/mol. The predicted octanol–water partition coefficient (Wildman–Crippen LogP) is 1.50. The number of hydrogen-bond acceptors (Lipinski definition) is 4. The van der Waals surface area contributed by atoms with Crippen molar-refractivity contribution in [3.63, 3.8) is 0 Å². The maximum atomic E-state index is 9.27. The van der Waals surface area contributed by atoms with Gasteiger partial charge in [0, 0.05) is 22.9 Å². The van der Waals surface area contributed by atoms with Crippen LogP contribution in [0.1, 0.15) is 23.0 Å². The fraction of sp³-hybridized carbons (Fsp3) is 0.556. The molecular formula is C18H21NO3. The fourth-order valence-corrected chi connectivity index (χ4v) is 5.06. The van der Waals surface area contributed by atoms with E-state index in [1.165, 1.54) is 0 Å². The number of aliphatic hydroxyl groups excluding tert-OH is 1. The summed E-state index contributed by atoms with van der Waals surface area (Å²) in [7, 11) is -0.514. The van der Waals surface area contributed by atoms with Crippen molar-refractivity contribution in [1.82, 2.24) is 4.90 Å². The van der Waals surface area contributed by atoms with Crippen molar-refractivity contribution in [1.29, 1.82) is 1.43 Å². The Morgan fingerprint density at radius 3 is 3.36 bits per heavy atom. The highest BCUT2D eigenvalue weighted by Crippen LogP contribution is 2.62. The van der Waals surface area contributed by atoms with Crippen LogP contribution >= 0.6 is 0 Å². The van der Waals surface area contributed by atoms with Crippen LogP contribution in [0.2, 0.25) is 0 Å². The van der Waals surface area contributed by atoms with Gasteiger partial charge >= 0.3 is 0 Å². The molecule has 1 spiro atoms. The minimum absolute atomic E-state index is 0.0388. The van der Waals surface area contributed by atoms with Gasteiger partial charge in [0.25, 0.3) is 0 Å². The van der Waals surface area contributed by atoms with E-state index in [1.807, 2.05) is 6.07 Å². The van der Waals surface area contributed by atoms with Crippen LogP contribution in [0.3, 0.4) is 0 Å². The van der Waals surface area contributed by atoms with Gasteiger partial charge in [-0.1, -0.05) is 18.2 Å². The van der Waals surface area contributed by atoms with E-state index < -0.39 is 24.6 Å². The molecule has 1 fully saturated rings. The summed E-state index contributed by atoms with van der Waals surface area (Å²) in [6, 6.07) is 3.74. The van der Waals surface area contributed by atoms with E-state index >= 15 is 0 Å². The number of hydrogen-bond donors (Lipinski definition) is 1. The number of piperidine rings is 1. The van der Waals surface area contributed by atoms with Crippen LogP contribution in [0.15, 0.2) is 24.3 Å². The van der Waals surface area contributed by atoms with Gasteiger partial charge in [0.2, 0.25) is 1.43 Å². The van der Waals surface area contributed by atoms with Crippen LogP contribution in [-0.4, -0.2) is 50.3 Å². The fourth-order valence-electron chi connectivity index (χ4n) is 5.06. The molecule has 2 bridgehead atoms. The second-order valence-electron chi connectivity index (χ2n) is 6.80. The van der Waals surface area contributed by atoms with Gasteiger partial charge in [0.1, 0.15) is 12.2 Å². The molecule has 0 saturated carbocycles. The number of nitrogens with zero attached hydrogens (tertiary/aromatic N) is 1. The lowest BCUT2D eigenvalue weighted by atomic mass is 9.53. The van der Waals surface area contributed by atoms with Gasteiger partial charge in [-0.3, -0.25) is 0 Å². The zero-order valence-corrected chi connectivity index (χ0v) is 12.3. The smallest absolute Gasteiger partial charge is 0.211 e. The van der Waals surface area contributed by atoms with E-state index in [4.69, 9.17) is 20.1 Å². The first kappa shape index (κ1) is 8.94. The molecule has 0 radical (unpaired) electrons. The molecule has 1 N–H and O–H groups in total. The third-order valence-electron chi connectivity index (χ3n) is 6.00. The van der Waals surface area contributed by atoms with E-state index in [2.05, 4.69) is 18.0 Å². The molecule has 4 nitrogen and oxygen atoms in total. The van der Waals surface area contributed by atoms with Gasteiger partial charge in [0.15, 0.2) is 11.5 Å². The summed E-state index contributed by atoms with van der Waals surface area (Å²) >= 11 is 0. The van der Waals surface area contributed by atoms with Gasteiger partial charge in [0.05, 0.1) is 12.5 Å². The Kier molecular flexibility index (Phi) is 1.65. The van der Waals surface area contributed by atoms with Crippen molar-refractivity contribution >= 4 is 0 Å².